The van der Waals surface area contributed by atoms with Crippen molar-refractivity contribution in [2.75, 3.05) is 20.3 Å². The van der Waals surface area contributed by atoms with E-state index in [1.807, 2.05) is 0 Å². The second-order valence-electron chi connectivity index (χ2n) is 7.29. The Balaban J connectivity index is 1.47. The number of aliphatic hydroxyl groups excluding tert-OH is 1. The van der Waals surface area contributed by atoms with Crippen LogP contribution in [0.2, 0.25) is 10.3 Å². The van der Waals surface area contributed by atoms with E-state index in [-0.39, 0.29) is 35.9 Å². The molecular weight excluding hydrogens is 469 g/mol. The molecule has 1 unspecified atom stereocenters. The smallest absolute Gasteiger partial charge is 0.256 e. The lowest BCUT2D eigenvalue weighted by atomic mass is 10.1. The number of ether oxygens (including phenoxy) is 1. The third-order valence-corrected chi connectivity index (χ3v) is 5.62. The molecule has 2 N–H and O–H groups in total. The quantitative estimate of drug-likeness (QED) is 0.491. The van der Waals surface area contributed by atoms with Crippen molar-refractivity contribution in [3.05, 3.63) is 69.9 Å². The van der Waals surface area contributed by atoms with Gasteiger partial charge in [-0.2, -0.15) is 0 Å². The number of rotatable bonds is 7. The van der Waals surface area contributed by atoms with Gasteiger partial charge in [0, 0.05) is 11.8 Å². The van der Waals surface area contributed by atoms with Crippen LogP contribution in [-0.2, 0) is 11.3 Å². The van der Waals surface area contributed by atoms with Crippen LogP contribution in [0.1, 0.15) is 27.7 Å². The molecule has 11 heteroatoms. The van der Waals surface area contributed by atoms with Gasteiger partial charge in [0.05, 0.1) is 54.5 Å². The van der Waals surface area contributed by atoms with E-state index in [1.165, 1.54) is 18.2 Å². The zero-order valence-corrected chi connectivity index (χ0v) is 19.0. The monoisotopic (exact) mass is 487 g/mol. The molecule has 0 aliphatic carbocycles. The number of pyridine rings is 1. The van der Waals surface area contributed by atoms with Crippen molar-refractivity contribution >= 4 is 35.0 Å². The summed E-state index contributed by atoms with van der Waals surface area (Å²) in [5.41, 5.74) is 2.46. The fourth-order valence-corrected chi connectivity index (χ4v) is 3.87. The van der Waals surface area contributed by atoms with Crippen molar-refractivity contribution in [2.45, 2.75) is 12.6 Å². The summed E-state index contributed by atoms with van der Waals surface area (Å²) in [4.78, 5) is 39.2. The average Bonchev–Trinajstić information content (AvgIpc) is 3.13. The first kappa shape index (κ1) is 22.9. The van der Waals surface area contributed by atoms with Gasteiger partial charge in [-0.3, -0.25) is 14.6 Å². The van der Waals surface area contributed by atoms with Crippen LogP contribution in [0.4, 0.5) is 0 Å². The van der Waals surface area contributed by atoms with Gasteiger partial charge in [-0.15, -0.1) is 0 Å². The molecule has 2 amide bonds. The molecule has 0 fully saturated rings. The first-order valence-electron chi connectivity index (χ1n) is 9.90. The zero-order valence-electron chi connectivity index (χ0n) is 17.5. The molecule has 0 radical (unpaired) electrons. The number of carbonyl (C=O) groups is 2. The summed E-state index contributed by atoms with van der Waals surface area (Å²) in [5, 5.41) is 12.8. The van der Waals surface area contributed by atoms with Gasteiger partial charge in [-0.05, 0) is 35.4 Å². The Morgan fingerprint density at radius 2 is 2.09 bits per heavy atom. The predicted molar refractivity (Wildman–Crippen MR) is 121 cm³/mol. The van der Waals surface area contributed by atoms with E-state index in [1.54, 1.807) is 36.5 Å². The van der Waals surface area contributed by atoms with E-state index in [2.05, 4.69) is 20.3 Å². The largest absolute Gasteiger partial charge is 0.497 e. The molecule has 0 saturated heterocycles. The van der Waals surface area contributed by atoms with Crippen LogP contribution in [0.25, 0.3) is 11.3 Å². The second kappa shape index (κ2) is 9.70. The number of nitrogens with zero attached hydrogens (tertiary/aromatic N) is 4. The van der Waals surface area contributed by atoms with Crippen LogP contribution >= 0.6 is 23.2 Å². The zero-order chi connectivity index (χ0) is 23.5. The number of fused-ring (bicyclic) bond motifs is 1. The number of halogens is 2. The van der Waals surface area contributed by atoms with Gasteiger partial charge in [-0.1, -0.05) is 23.7 Å². The molecule has 1 aliphatic heterocycles. The average molecular weight is 488 g/mol. The number of methoxy groups -OCH3 is 1. The van der Waals surface area contributed by atoms with Crippen LogP contribution < -0.4 is 10.1 Å². The molecule has 4 rings (SSSR count). The van der Waals surface area contributed by atoms with Gasteiger partial charge in [0.1, 0.15) is 12.3 Å². The second-order valence-corrected chi connectivity index (χ2v) is 8.04. The molecule has 0 saturated carbocycles. The predicted octanol–water partition coefficient (Wildman–Crippen LogP) is 2.66. The normalized spacial score (nSPS) is 13.6. The van der Waals surface area contributed by atoms with Crippen molar-refractivity contribution in [2.24, 2.45) is 0 Å². The molecule has 33 heavy (non-hydrogen) atoms. The van der Waals surface area contributed by atoms with Gasteiger partial charge in [0.2, 0.25) is 11.2 Å². The Hall–Kier alpha value is -3.27. The first-order chi connectivity index (χ1) is 15.9. The van der Waals surface area contributed by atoms with Crippen molar-refractivity contribution in [3.63, 3.8) is 0 Å². The molecule has 170 valence electrons. The van der Waals surface area contributed by atoms with E-state index in [9.17, 15) is 14.7 Å². The minimum Gasteiger partial charge on any atom is -0.497 e. The summed E-state index contributed by atoms with van der Waals surface area (Å²) in [5.74, 6) is -0.145. The van der Waals surface area contributed by atoms with E-state index in [0.717, 1.165) is 0 Å². The van der Waals surface area contributed by atoms with E-state index in [0.29, 0.717) is 33.8 Å². The highest BCUT2D eigenvalue weighted by molar-refractivity contribution is 6.33. The van der Waals surface area contributed by atoms with Crippen molar-refractivity contribution in [3.8, 4) is 17.0 Å². The van der Waals surface area contributed by atoms with Crippen molar-refractivity contribution < 1.29 is 19.4 Å². The number of nitrogens with one attached hydrogen (secondary N) is 1. The molecule has 3 aromatic rings. The number of amides is 2. The van der Waals surface area contributed by atoms with Crippen LogP contribution in [0, 0.1) is 0 Å². The number of aliphatic hydroxyl groups is 1. The Labute approximate surface area is 199 Å². The highest BCUT2D eigenvalue weighted by Gasteiger charge is 2.31. The molecule has 0 spiro atoms. The minimum absolute atomic E-state index is 0.0222. The standard InChI is InChI=1S/C22H19Cl2N5O4/c1-33-14-4-2-3-12(5-14)18(11-30)27-19(31)10-29-9-17-15(21(29)32)6-13(7-25-17)20-16(23)8-26-22(24)28-20/h2-8,18,30H,9-11H2,1H3,(H,27,31). The Bertz CT molecular complexity index is 1220. The molecule has 9 nitrogen and oxygen atoms in total. The number of carbonyl (C=O) groups excluding carboxylic acids is 2. The molecule has 3 heterocycles. The molecule has 2 aromatic heterocycles. The topological polar surface area (TPSA) is 118 Å². The van der Waals surface area contributed by atoms with Crippen LogP contribution in [0.3, 0.4) is 0 Å². The molecule has 1 atom stereocenters. The molecule has 0 bridgehead atoms. The molecular formula is C22H19Cl2N5O4. The summed E-state index contributed by atoms with van der Waals surface area (Å²) < 4.78 is 5.19. The van der Waals surface area contributed by atoms with Crippen LogP contribution in [0.5, 0.6) is 5.75 Å². The Morgan fingerprint density at radius 1 is 1.27 bits per heavy atom. The maximum absolute atomic E-state index is 12.9. The SMILES string of the molecule is COc1cccc(C(CO)NC(=O)CN2Cc3ncc(-c4nc(Cl)ncc4Cl)cc3C2=O)c1. The van der Waals surface area contributed by atoms with E-state index < -0.39 is 11.9 Å². The van der Waals surface area contributed by atoms with Gasteiger partial charge >= 0.3 is 0 Å². The van der Waals surface area contributed by atoms with E-state index in [4.69, 9.17) is 27.9 Å². The first-order valence-corrected chi connectivity index (χ1v) is 10.7. The lowest BCUT2D eigenvalue weighted by molar-refractivity contribution is -0.122. The van der Waals surface area contributed by atoms with Crippen LogP contribution in [-0.4, -0.2) is 57.0 Å². The van der Waals surface area contributed by atoms with Gasteiger partial charge in [-0.25, -0.2) is 9.97 Å². The fourth-order valence-electron chi connectivity index (χ4n) is 3.54. The summed E-state index contributed by atoms with van der Waals surface area (Å²) in [6.45, 7) is -0.311. The lowest BCUT2D eigenvalue weighted by Crippen LogP contribution is -2.40. The Morgan fingerprint density at radius 3 is 2.85 bits per heavy atom. The minimum atomic E-state index is -0.637. The van der Waals surface area contributed by atoms with E-state index >= 15 is 0 Å². The summed E-state index contributed by atoms with van der Waals surface area (Å²) in [6, 6.07) is 8.03. The highest BCUT2D eigenvalue weighted by Crippen LogP contribution is 2.30. The summed E-state index contributed by atoms with van der Waals surface area (Å²) >= 11 is 12.0. The number of aromatic nitrogens is 3. The molecule has 1 aromatic carbocycles. The van der Waals surface area contributed by atoms with Gasteiger partial charge in [0.15, 0.2) is 0 Å². The summed E-state index contributed by atoms with van der Waals surface area (Å²) in [6.07, 6.45) is 2.92. The number of benzene rings is 1. The molecule has 1 aliphatic rings. The van der Waals surface area contributed by atoms with Crippen LogP contribution in [0.15, 0.2) is 42.7 Å². The fraction of sp³-hybridized carbons (Fsp3) is 0.227. The summed E-state index contributed by atoms with van der Waals surface area (Å²) in [7, 11) is 1.54. The van der Waals surface area contributed by atoms with Crippen molar-refractivity contribution in [1.29, 1.82) is 0 Å². The number of hydrogen-bond donors (Lipinski definition) is 2. The third-order valence-electron chi connectivity index (χ3n) is 5.17. The maximum Gasteiger partial charge on any atom is 0.256 e. The van der Waals surface area contributed by atoms with Gasteiger partial charge < -0.3 is 20.1 Å². The van der Waals surface area contributed by atoms with Gasteiger partial charge in [0.25, 0.3) is 5.91 Å². The highest BCUT2D eigenvalue weighted by atomic mass is 35.5. The lowest BCUT2D eigenvalue weighted by Gasteiger charge is -2.20. The third kappa shape index (κ3) is 4.90. The maximum atomic E-state index is 12.9. The van der Waals surface area contributed by atoms with Crippen molar-refractivity contribution in [1.82, 2.24) is 25.2 Å². The Kier molecular flexibility index (Phi) is 6.73. The number of hydrogen-bond acceptors (Lipinski definition) is 7.